The summed E-state index contributed by atoms with van der Waals surface area (Å²) in [6.45, 7) is 8.89. The Morgan fingerprint density at radius 2 is 1.93 bits per heavy atom. The molecule has 1 nitrogen and oxygen atoms in total. The van der Waals surface area contributed by atoms with Gasteiger partial charge < -0.3 is 5.32 Å². The van der Waals surface area contributed by atoms with Crippen LogP contribution < -0.4 is 5.32 Å². The normalized spacial score (nSPS) is 12.9. The molecule has 1 N–H and O–H groups in total. The fourth-order valence-electron chi connectivity index (χ4n) is 2.07. The zero-order valence-corrected chi connectivity index (χ0v) is 10.0. The molecule has 1 aromatic rings. The maximum Gasteiger partial charge on any atom is 0.128 e. The molecule has 1 rings (SSSR count). The summed E-state index contributed by atoms with van der Waals surface area (Å²) in [5.41, 5.74) is 2.85. The Labute approximate surface area is 91.7 Å². The Kier molecular flexibility index (Phi) is 4.28. The Bertz CT molecular complexity index is 310. The highest BCUT2D eigenvalue weighted by Crippen LogP contribution is 2.24. The highest BCUT2D eigenvalue weighted by Gasteiger charge is 2.15. The second-order valence-electron chi connectivity index (χ2n) is 4.00. The summed E-state index contributed by atoms with van der Waals surface area (Å²) in [7, 11) is 0. The van der Waals surface area contributed by atoms with Crippen molar-refractivity contribution in [3.8, 4) is 0 Å². The molecule has 2 heteroatoms. The SMILES string of the molecule is CCNC(CC)c1c(C)cc(C)cc1F. The average Bonchev–Trinajstić information content (AvgIpc) is 2.14. The van der Waals surface area contributed by atoms with E-state index in [9.17, 15) is 4.39 Å². The number of rotatable bonds is 4. The van der Waals surface area contributed by atoms with Crippen LogP contribution in [0.3, 0.4) is 0 Å². The molecule has 0 aromatic heterocycles. The van der Waals surface area contributed by atoms with E-state index < -0.39 is 0 Å². The molecule has 1 unspecified atom stereocenters. The number of hydrogen-bond acceptors (Lipinski definition) is 1. The Morgan fingerprint density at radius 3 is 2.40 bits per heavy atom. The number of aryl methyl sites for hydroxylation is 2. The van der Waals surface area contributed by atoms with E-state index in [0.717, 1.165) is 29.7 Å². The topological polar surface area (TPSA) is 12.0 Å². The first-order valence-electron chi connectivity index (χ1n) is 5.60. The van der Waals surface area contributed by atoms with Crippen molar-refractivity contribution in [1.82, 2.24) is 5.32 Å². The number of hydrogen-bond donors (Lipinski definition) is 1. The number of benzene rings is 1. The van der Waals surface area contributed by atoms with Crippen molar-refractivity contribution in [3.05, 3.63) is 34.6 Å². The van der Waals surface area contributed by atoms with Gasteiger partial charge in [0.1, 0.15) is 5.82 Å². The molecular weight excluding hydrogens is 189 g/mol. The van der Waals surface area contributed by atoms with Crippen LogP contribution in [0.5, 0.6) is 0 Å². The summed E-state index contributed by atoms with van der Waals surface area (Å²) in [6.07, 6.45) is 0.911. The van der Waals surface area contributed by atoms with E-state index in [1.165, 1.54) is 0 Å². The standard InChI is InChI=1S/C13H20FN/c1-5-12(15-6-2)13-10(4)7-9(3)8-11(13)14/h7-8,12,15H,5-6H2,1-4H3. The van der Waals surface area contributed by atoms with Gasteiger partial charge in [0.05, 0.1) is 0 Å². The molecule has 1 atom stereocenters. The highest BCUT2D eigenvalue weighted by molar-refractivity contribution is 5.34. The van der Waals surface area contributed by atoms with Gasteiger partial charge in [-0.2, -0.15) is 0 Å². The average molecular weight is 209 g/mol. The van der Waals surface area contributed by atoms with Gasteiger partial charge in [0.2, 0.25) is 0 Å². The molecule has 0 aliphatic rings. The molecule has 0 amide bonds. The maximum atomic E-state index is 13.8. The minimum atomic E-state index is -0.0831. The molecule has 84 valence electrons. The summed E-state index contributed by atoms with van der Waals surface area (Å²) in [5, 5.41) is 3.31. The van der Waals surface area contributed by atoms with Gasteiger partial charge in [0.15, 0.2) is 0 Å². The van der Waals surface area contributed by atoms with E-state index in [2.05, 4.69) is 12.2 Å². The maximum absolute atomic E-state index is 13.8. The summed E-state index contributed by atoms with van der Waals surface area (Å²) < 4.78 is 13.8. The fraction of sp³-hybridized carbons (Fsp3) is 0.538. The minimum absolute atomic E-state index is 0.0831. The van der Waals surface area contributed by atoms with Crippen LogP contribution in [0.25, 0.3) is 0 Å². The molecule has 0 fully saturated rings. The Morgan fingerprint density at radius 1 is 1.27 bits per heavy atom. The van der Waals surface area contributed by atoms with Gasteiger partial charge in [-0.05, 0) is 44.0 Å². The lowest BCUT2D eigenvalue weighted by Gasteiger charge is -2.19. The quantitative estimate of drug-likeness (QED) is 0.800. The van der Waals surface area contributed by atoms with Crippen LogP contribution in [0.2, 0.25) is 0 Å². The second-order valence-corrected chi connectivity index (χ2v) is 4.00. The van der Waals surface area contributed by atoms with Crippen LogP contribution in [-0.2, 0) is 0 Å². The van der Waals surface area contributed by atoms with Crippen LogP contribution in [0.1, 0.15) is 43.0 Å². The third kappa shape index (κ3) is 2.78. The third-order valence-corrected chi connectivity index (χ3v) is 2.69. The van der Waals surface area contributed by atoms with Crippen LogP contribution in [-0.4, -0.2) is 6.54 Å². The summed E-state index contributed by atoms with van der Waals surface area (Å²) in [4.78, 5) is 0. The molecule has 0 saturated carbocycles. The van der Waals surface area contributed by atoms with Gasteiger partial charge in [0.25, 0.3) is 0 Å². The van der Waals surface area contributed by atoms with Crippen molar-refractivity contribution in [2.45, 2.75) is 40.2 Å². The van der Waals surface area contributed by atoms with Gasteiger partial charge in [0, 0.05) is 11.6 Å². The number of halogens is 1. The predicted octanol–water partition coefficient (Wildman–Crippen LogP) is 3.50. The molecule has 0 spiro atoms. The fourth-order valence-corrected chi connectivity index (χ4v) is 2.07. The monoisotopic (exact) mass is 209 g/mol. The van der Waals surface area contributed by atoms with E-state index >= 15 is 0 Å². The first-order chi connectivity index (χ1) is 7.10. The van der Waals surface area contributed by atoms with Gasteiger partial charge in [-0.25, -0.2) is 4.39 Å². The summed E-state index contributed by atoms with van der Waals surface area (Å²) in [6, 6.07) is 3.79. The van der Waals surface area contributed by atoms with E-state index in [-0.39, 0.29) is 11.9 Å². The Hall–Kier alpha value is -0.890. The lowest BCUT2D eigenvalue weighted by Crippen LogP contribution is -2.22. The van der Waals surface area contributed by atoms with Crippen LogP contribution >= 0.6 is 0 Å². The molecule has 0 heterocycles. The second kappa shape index (κ2) is 5.26. The van der Waals surface area contributed by atoms with E-state index in [1.807, 2.05) is 26.8 Å². The predicted molar refractivity (Wildman–Crippen MR) is 62.6 cm³/mol. The van der Waals surface area contributed by atoms with Crippen molar-refractivity contribution in [2.75, 3.05) is 6.54 Å². The third-order valence-electron chi connectivity index (χ3n) is 2.69. The summed E-state index contributed by atoms with van der Waals surface area (Å²) >= 11 is 0. The van der Waals surface area contributed by atoms with Gasteiger partial charge in [-0.1, -0.05) is 19.9 Å². The van der Waals surface area contributed by atoms with Gasteiger partial charge >= 0.3 is 0 Å². The molecule has 0 radical (unpaired) electrons. The first-order valence-corrected chi connectivity index (χ1v) is 5.60. The highest BCUT2D eigenvalue weighted by atomic mass is 19.1. The molecule has 0 aliphatic heterocycles. The van der Waals surface area contributed by atoms with Crippen LogP contribution in [0.4, 0.5) is 4.39 Å². The van der Waals surface area contributed by atoms with Gasteiger partial charge in [-0.3, -0.25) is 0 Å². The van der Waals surface area contributed by atoms with Crippen molar-refractivity contribution < 1.29 is 4.39 Å². The van der Waals surface area contributed by atoms with Crippen LogP contribution in [0.15, 0.2) is 12.1 Å². The zero-order chi connectivity index (χ0) is 11.4. The zero-order valence-electron chi connectivity index (χ0n) is 10.0. The Balaban J connectivity index is 3.11. The van der Waals surface area contributed by atoms with Crippen molar-refractivity contribution in [2.24, 2.45) is 0 Å². The minimum Gasteiger partial charge on any atom is -0.310 e. The van der Waals surface area contributed by atoms with Crippen LogP contribution in [0, 0.1) is 19.7 Å². The van der Waals surface area contributed by atoms with Crippen molar-refractivity contribution >= 4 is 0 Å². The van der Waals surface area contributed by atoms with Crippen molar-refractivity contribution in [3.63, 3.8) is 0 Å². The summed E-state index contributed by atoms with van der Waals surface area (Å²) in [5.74, 6) is -0.0831. The van der Waals surface area contributed by atoms with Gasteiger partial charge in [-0.15, -0.1) is 0 Å². The molecule has 0 bridgehead atoms. The van der Waals surface area contributed by atoms with E-state index in [4.69, 9.17) is 0 Å². The van der Waals surface area contributed by atoms with E-state index in [0.29, 0.717) is 0 Å². The molecule has 1 aromatic carbocycles. The lowest BCUT2D eigenvalue weighted by atomic mass is 9.97. The molecular formula is C13H20FN. The lowest BCUT2D eigenvalue weighted by molar-refractivity contribution is 0.498. The molecule has 0 saturated heterocycles. The molecule has 15 heavy (non-hydrogen) atoms. The molecule has 0 aliphatic carbocycles. The van der Waals surface area contributed by atoms with Crippen molar-refractivity contribution in [1.29, 1.82) is 0 Å². The number of nitrogens with one attached hydrogen (secondary N) is 1. The largest absolute Gasteiger partial charge is 0.310 e. The smallest absolute Gasteiger partial charge is 0.128 e. The van der Waals surface area contributed by atoms with E-state index in [1.54, 1.807) is 6.07 Å². The first kappa shape index (κ1) is 12.2.